The van der Waals surface area contributed by atoms with E-state index in [0.29, 0.717) is 17.7 Å². The van der Waals surface area contributed by atoms with Crippen molar-refractivity contribution in [3.05, 3.63) is 64.1 Å². The highest BCUT2D eigenvalue weighted by Crippen LogP contribution is 2.18. The molecule has 1 unspecified atom stereocenters. The lowest BCUT2D eigenvalue weighted by molar-refractivity contribution is 0.103. The lowest BCUT2D eigenvalue weighted by Gasteiger charge is -2.05. The summed E-state index contributed by atoms with van der Waals surface area (Å²) in [6, 6.07) is 14.5. The average molecular weight is 333 g/mol. The van der Waals surface area contributed by atoms with Crippen LogP contribution in [-0.4, -0.2) is 25.1 Å². The topological polar surface area (TPSA) is 38.8 Å². The van der Waals surface area contributed by atoms with E-state index in [9.17, 15) is 4.79 Å². The summed E-state index contributed by atoms with van der Waals surface area (Å²) in [6.45, 7) is 1.35. The van der Waals surface area contributed by atoms with Crippen molar-refractivity contribution < 1.29 is 14.3 Å². The minimum Gasteiger partial charge on any atom is -0.491 e. The predicted octanol–water partition coefficient (Wildman–Crippen LogP) is 3.46. The van der Waals surface area contributed by atoms with Gasteiger partial charge in [-0.15, -0.1) is 0 Å². The number of carbonyl (C=O) groups is 1. The highest BCUT2D eigenvalue weighted by atomic mass is 79.9. The Balaban J connectivity index is 1.69. The molecule has 4 heteroatoms. The molecule has 0 aliphatic carbocycles. The van der Waals surface area contributed by atoms with Crippen LogP contribution in [0.5, 0.6) is 5.75 Å². The summed E-state index contributed by atoms with van der Waals surface area (Å²) < 4.78 is 11.6. The highest BCUT2D eigenvalue weighted by Gasteiger charge is 2.23. The van der Waals surface area contributed by atoms with Crippen molar-refractivity contribution in [2.24, 2.45) is 0 Å². The monoisotopic (exact) mass is 332 g/mol. The third kappa shape index (κ3) is 3.26. The summed E-state index contributed by atoms with van der Waals surface area (Å²) in [5.41, 5.74) is 1.33. The van der Waals surface area contributed by atoms with Crippen molar-refractivity contribution in [1.82, 2.24) is 0 Å². The van der Waals surface area contributed by atoms with Crippen LogP contribution in [0, 0.1) is 0 Å². The Labute approximate surface area is 125 Å². The average Bonchev–Trinajstić information content (AvgIpc) is 3.30. The number of benzene rings is 2. The van der Waals surface area contributed by atoms with Crippen LogP contribution in [0.4, 0.5) is 0 Å². The number of hydrogen-bond donors (Lipinski definition) is 0. The Bertz CT molecular complexity index is 601. The summed E-state index contributed by atoms with van der Waals surface area (Å²) in [6.07, 6.45) is 0.235. The van der Waals surface area contributed by atoms with Gasteiger partial charge >= 0.3 is 0 Å². The van der Waals surface area contributed by atoms with Gasteiger partial charge in [-0.05, 0) is 48.5 Å². The van der Waals surface area contributed by atoms with Gasteiger partial charge in [-0.25, -0.2) is 0 Å². The van der Waals surface area contributed by atoms with E-state index in [4.69, 9.17) is 9.47 Å². The van der Waals surface area contributed by atoms with Gasteiger partial charge in [-0.3, -0.25) is 4.79 Å². The molecule has 20 heavy (non-hydrogen) atoms. The minimum absolute atomic E-state index is 0.00887. The molecule has 0 bridgehead atoms. The second-order valence-electron chi connectivity index (χ2n) is 4.63. The van der Waals surface area contributed by atoms with Crippen LogP contribution in [0.3, 0.4) is 0 Å². The van der Waals surface area contributed by atoms with Gasteiger partial charge in [-0.1, -0.05) is 15.9 Å². The van der Waals surface area contributed by atoms with E-state index in [-0.39, 0.29) is 11.9 Å². The van der Waals surface area contributed by atoms with Crippen molar-refractivity contribution in [1.29, 1.82) is 0 Å². The van der Waals surface area contributed by atoms with Crippen LogP contribution in [0.25, 0.3) is 0 Å². The lowest BCUT2D eigenvalue weighted by atomic mass is 10.0. The van der Waals surface area contributed by atoms with Crippen LogP contribution in [0.15, 0.2) is 53.0 Å². The van der Waals surface area contributed by atoms with Crippen LogP contribution < -0.4 is 4.74 Å². The van der Waals surface area contributed by atoms with Crippen LogP contribution in [0.2, 0.25) is 0 Å². The second-order valence-corrected chi connectivity index (χ2v) is 5.54. The number of ketones is 1. The molecule has 1 aliphatic rings. The molecular weight excluding hydrogens is 320 g/mol. The molecule has 1 heterocycles. The molecule has 1 aliphatic heterocycles. The van der Waals surface area contributed by atoms with Crippen LogP contribution >= 0.6 is 15.9 Å². The van der Waals surface area contributed by atoms with Crippen LogP contribution in [-0.2, 0) is 4.74 Å². The maximum Gasteiger partial charge on any atom is 0.193 e. The molecule has 0 spiro atoms. The van der Waals surface area contributed by atoms with Gasteiger partial charge in [0.1, 0.15) is 18.5 Å². The molecule has 0 aromatic heterocycles. The van der Waals surface area contributed by atoms with E-state index in [1.807, 2.05) is 24.3 Å². The van der Waals surface area contributed by atoms with Gasteiger partial charge in [0.25, 0.3) is 0 Å². The van der Waals surface area contributed by atoms with Crippen molar-refractivity contribution >= 4 is 21.7 Å². The van der Waals surface area contributed by atoms with E-state index in [1.165, 1.54) is 0 Å². The SMILES string of the molecule is O=C(c1ccc(Br)cc1)c1ccc(OCC2CO2)cc1. The lowest BCUT2D eigenvalue weighted by Crippen LogP contribution is -2.05. The standard InChI is InChI=1S/C16H13BrO3/c17-13-5-1-11(2-6-13)16(18)12-3-7-14(8-4-12)19-9-15-10-20-15/h1-8,15H,9-10H2. The molecule has 2 aromatic rings. The minimum atomic E-state index is 0.00887. The summed E-state index contributed by atoms with van der Waals surface area (Å²) in [5.74, 6) is 0.766. The van der Waals surface area contributed by atoms with Crippen molar-refractivity contribution in [3.63, 3.8) is 0 Å². The van der Waals surface area contributed by atoms with Gasteiger partial charge in [0.2, 0.25) is 0 Å². The Morgan fingerprint density at radius 2 is 1.65 bits per heavy atom. The number of ether oxygens (including phenoxy) is 2. The number of rotatable bonds is 5. The van der Waals surface area contributed by atoms with Crippen molar-refractivity contribution in [3.8, 4) is 5.75 Å². The number of halogens is 1. The summed E-state index contributed by atoms with van der Waals surface area (Å²) >= 11 is 3.36. The molecule has 0 saturated carbocycles. The first-order valence-electron chi connectivity index (χ1n) is 6.37. The molecular formula is C16H13BrO3. The molecule has 1 atom stereocenters. The molecule has 3 nitrogen and oxygen atoms in total. The largest absolute Gasteiger partial charge is 0.491 e. The normalized spacial score (nSPS) is 16.8. The Hall–Kier alpha value is -1.65. The predicted molar refractivity (Wildman–Crippen MR) is 79.3 cm³/mol. The van der Waals surface area contributed by atoms with Gasteiger partial charge in [0, 0.05) is 15.6 Å². The third-order valence-electron chi connectivity index (χ3n) is 3.06. The molecule has 0 radical (unpaired) electrons. The van der Waals surface area contributed by atoms with E-state index < -0.39 is 0 Å². The molecule has 1 fully saturated rings. The Kier molecular flexibility index (Phi) is 3.85. The molecule has 0 amide bonds. The first-order chi connectivity index (χ1) is 9.72. The smallest absolute Gasteiger partial charge is 0.193 e. The Morgan fingerprint density at radius 1 is 1.10 bits per heavy atom. The second kappa shape index (κ2) is 5.77. The van der Waals surface area contributed by atoms with E-state index >= 15 is 0 Å². The highest BCUT2D eigenvalue weighted by molar-refractivity contribution is 9.10. The fraction of sp³-hybridized carbons (Fsp3) is 0.188. The summed E-state index contributed by atoms with van der Waals surface area (Å²) in [4.78, 5) is 12.3. The van der Waals surface area contributed by atoms with Crippen molar-refractivity contribution in [2.45, 2.75) is 6.10 Å². The molecule has 3 rings (SSSR count). The quantitative estimate of drug-likeness (QED) is 0.621. The summed E-state index contributed by atoms with van der Waals surface area (Å²) in [5, 5.41) is 0. The maximum atomic E-state index is 12.3. The fourth-order valence-corrected chi connectivity index (χ4v) is 2.09. The Morgan fingerprint density at radius 3 is 2.20 bits per heavy atom. The van der Waals surface area contributed by atoms with E-state index in [1.54, 1.807) is 24.3 Å². The van der Waals surface area contributed by atoms with Gasteiger partial charge in [0.05, 0.1) is 6.61 Å². The number of hydrogen-bond acceptors (Lipinski definition) is 3. The van der Waals surface area contributed by atoms with Gasteiger partial charge in [-0.2, -0.15) is 0 Å². The molecule has 2 aromatic carbocycles. The fourth-order valence-electron chi connectivity index (χ4n) is 1.82. The first kappa shape index (κ1) is 13.3. The molecule has 1 saturated heterocycles. The zero-order chi connectivity index (χ0) is 13.9. The first-order valence-corrected chi connectivity index (χ1v) is 7.16. The maximum absolute atomic E-state index is 12.3. The van der Waals surface area contributed by atoms with Crippen LogP contribution in [0.1, 0.15) is 15.9 Å². The number of epoxide rings is 1. The zero-order valence-electron chi connectivity index (χ0n) is 10.7. The molecule has 0 N–H and O–H groups in total. The third-order valence-corrected chi connectivity index (χ3v) is 3.59. The van der Waals surface area contributed by atoms with E-state index in [2.05, 4.69) is 15.9 Å². The van der Waals surface area contributed by atoms with E-state index in [0.717, 1.165) is 16.8 Å². The zero-order valence-corrected chi connectivity index (χ0v) is 12.3. The summed E-state index contributed by atoms with van der Waals surface area (Å²) in [7, 11) is 0. The molecule has 102 valence electrons. The van der Waals surface area contributed by atoms with Crippen molar-refractivity contribution in [2.75, 3.05) is 13.2 Å². The van der Waals surface area contributed by atoms with Gasteiger partial charge in [0.15, 0.2) is 5.78 Å². The van der Waals surface area contributed by atoms with Gasteiger partial charge < -0.3 is 9.47 Å². The number of carbonyl (C=O) groups excluding carboxylic acids is 1.